The van der Waals surface area contributed by atoms with E-state index in [1.54, 1.807) is 7.11 Å². The van der Waals surface area contributed by atoms with E-state index in [-0.39, 0.29) is 6.17 Å². The number of fused-ring (bicyclic) bond motifs is 1. The Balaban J connectivity index is 1.54. The van der Waals surface area contributed by atoms with E-state index in [1.165, 1.54) is 11.1 Å². The van der Waals surface area contributed by atoms with Gasteiger partial charge in [-0.25, -0.2) is 0 Å². The van der Waals surface area contributed by atoms with Gasteiger partial charge >= 0.3 is 0 Å². The molecule has 134 valence electrons. The van der Waals surface area contributed by atoms with Crippen molar-refractivity contribution < 1.29 is 4.74 Å². The van der Waals surface area contributed by atoms with E-state index in [2.05, 4.69) is 59.5 Å². The van der Waals surface area contributed by atoms with Crippen molar-refractivity contribution in [2.45, 2.75) is 18.2 Å². The molecule has 5 rings (SSSR count). The minimum absolute atomic E-state index is 0.0248. The van der Waals surface area contributed by atoms with Gasteiger partial charge in [0.05, 0.1) is 24.9 Å². The first-order valence-corrected chi connectivity index (χ1v) is 9.44. The van der Waals surface area contributed by atoms with Gasteiger partial charge in [0, 0.05) is 5.02 Å². The van der Waals surface area contributed by atoms with Crippen LogP contribution in [-0.4, -0.2) is 23.8 Å². The van der Waals surface area contributed by atoms with Crippen molar-refractivity contribution in [3.05, 3.63) is 101 Å². The lowest BCUT2D eigenvalue weighted by Gasteiger charge is -2.15. The Kier molecular flexibility index (Phi) is 4.00. The molecule has 2 aliphatic rings. The second-order valence-corrected chi connectivity index (χ2v) is 7.35. The lowest BCUT2D eigenvalue weighted by molar-refractivity contribution is 0.400. The molecule has 0 aliphatic carbocycles. The van der Waals surface area contributed by atoms with Crippen LogP contribution in [0.15, 0.2) is 83.9 Å². The number of hydrogen-bond acceptors (Lipinski definition) is 3. The molecule has 2 heterocycles. The van der Waals surface area contributed by atoms with Crippen molar-refractivity contribution in [2.24, 2.45) is 4.99 Å². The Morgan fingerprint density at radius 2 is 1.52 bits per heavy atom. The largest absolute Gasteiger partial charge is 0.497 e. The molecule has 0 aromatic heterocycles. The van der Waals surface area contributed by atoms with Gasteiger partial charge in [0.2, 0.25) is 0 Å². The van der Waals surface area contributed by atoms with E-state index >= 15 is 0 Å². The number of halogens is 1. The van der Waals surface area contributed by atoms with Crippen LogP contribution in [0, 0.1) is 0 Å². The maximum atomic E-state index is 6.08. The summed E-state index contributed by atoms with van der Waals surface area (Å²) in [4.78, 5) is 7.55. The molecule has 4 atom stereocenters. The molecule has 0 spiro atoms. The maximum Gasteiger partial charge on any atom is 0.129 e. The number of nitrogens with zero attached hydrogens (tertiary/aromatic N) is 2. The van der Waals surface area contributed by atoms with E-state index in [0.717, 1.165) is 22.0 Å². The molecule has 3 aromatic carbocycles. The fourth-order valence-electron chi connectivity index (χ4n) is 4.01. The third kappa shape index (κ3) is 2.84. The Hall–Kier alpha value is -2.62. The molecule has 1 unspecified atom stereocenters. The summed E-state index contributed by atoms with van der Waals surface area (Å²) in [5, 5.41) is 0.747. The van der Waals surface area contributed by atoms with Gasteiger partial charge in [-0.15, -0.1) is 0 Å². The molecule has 0 radical (unpaired) electrons. The molecule has 2 aliphatic heterocycles. The number of aliphatic imine (C=N–C) groups is 1. The van der Waals surface area contributed by atoms with Crippen LogP contribution in [-0.2, 0) is 0 Å². The predicted octanol–water partition coefficient (Wildman–Crippen LogP) is 5.28. The summed E-state index contributed by atoms with van der Waals surface area (Å²) in [7, 11) is 1.69. The molecule has 4 heteroatoms. The Bertz CT molecular complexity index is 983. The van der Waals surface area contributed by atoms with Crippen molar-refractivity contribution in [1.82, 2.24) is 4.90 Å². The second-order valence-electron chi connectivity index (χ2n) is 6.92. The van der Waals surface area contributed by atoms with Crippen LogP contribution in [0.4, 0.5) is 0 Å². The lowest BCUT2D eigenvalue weighted by atomic mass is 10.0. The first-order chi connectivity index (χ1) is 13.3. The highest BCUT2D eigenvalue weighted by atomic mass is 35.5. The number of rotatable bonds is 4. The standard InChI is InChI=1S/C23H19ClN2O/c1-27-19-13-9-17(10-14-19)23-25-20(15-7-11-18(24)12-8-15)22-21(26(22)23)16-5-3-2-4-6-16/h2-14,21-23H,1H3/t21-,22-,23-,26?/m1/s1. The topological polar surface area (TPSA) is 24.6 Å². The van der Waals surface area contributed by atoms with Gasteiger partial charge in [0.25, 0.3) is 0 Å². The summed E-state index contributed by atoms with van der Waals surface area (Å²) in [5.74, 6) is 0.862. The van der Waals surface area contributed by atoms with E-state index in [0.29, 0.717) is 12.1 Å². The zero-order chi connectivity index (χ0) is 18.4. The zero-order valence-corrected chi connectivity index (χ0v) is 15.7. The Morgan fingerprint density at radius 3 is 2.19 bits per heavy atom. The highest BCUT2D eigenvalue weighted by molar-refractivity contribution is 6.30. The molecule has 0 N–H and O–H groups in total. The lowest BCUT2D eigenvalue weighted by Crippen LogP contribution is -2.08. The predicted molar refractivity (Wildman–Crippen MR) is 109 cm³/mol. The van der Waals surface area contributed by atoms with Crippen LogP contribution in [0.2, 0.25) is 5.02 Å². The quantitative estimate of drug-likeness (QED) is 0.580. The SMILES string of the molecule is COc1ccc([C@@H]2N=C(c3ccc(Cl)cc3)[C@@H]3[C@@H](c4ccccc4)N32)cc1. The van der Waals surface area contributed by atoms with Crippen LogP contribution < -0.4 is 4.74 Å². The summed E-state index contributed by atoms with van der Waals surface area (Å²) in [6.45, 7) is 0. The van der Waals surface area contributed by atoms with Crippen LogP contribution in [0.25, 0.3) is 0 Å². The van der Waals surface area contributed by atoms with E-state index < -0.39 is 0 Å². The second kappa shape index (κ2) is 6.52. The van der Waals surface area contributed by atoms with Crippen molar-refractivity contribution in [3.8, 4) is 5.75 Å². The molecule has 1 fully saturated rings. The van der Waals surface area contributed by atoms with Gasteiger partial charge in [-0.3, -0.25) is 9.89 Å². The molecular formula is C23H19ClN2O. The Morgan fingerprint density at radius 1 is 0.815 bits per heavy atom. The van der Waals surface area contributed by atoms with E-state index in [9.17, 15) is 0 Å². The van der Waals surface area contributed by atoms with Crippen molar-refractivity contribution >= 4 is 17.3 Å². The highest BCUT2D eigenvalue weighted by Gasteiger charge is 2.59. The number of benzene rings is 3. The average Bonchev–Trinajstić information content (AvgIpc) is 3.34. The third-order valence-electron chi connectivity index (χ3n) is 5.37. The monoisotopic (exact) mass is 374 g/mol. The van der Waals surface area contributed by atoms with Gasteiger partial charge in [-0.05, 0) is 41.0 Å². The molecule has 1 saturated heterocycles. The number of hydrogen-bond donors (Lipinski definition) is 0. The molecule has 0 bridgehead atoms. The van der Waals surface area contributed by atoms with Gasteiger partial charge in [0.1, 0.15) is 11.9 Å². The average molecular weight is 375 g/mol. The minimum atomic E-state index is 0.0248. The van der Waals surface area contributed by atoms with Crippen molar-refractivity contribution in [1.29, 1.82) is 0 Å². The van der Waals surface area contributed by atoms with Crippen LogP contribution >= 0.6 is 11.6 Å². The van der Waals surface area contributed by atoms with Crippen LogP contribution in [0.5, 0.6) is 5.75 Å². The van der Waals surface area contributed by atoms with Gasteiger partial charge in [0.15, 0.2) is 0 Å². The summed E-state index contributed by atoms with van der Waals surface area (Å²) in [6, 6.07) is 27.6. The summed E-state index contributed by atoms with van der Waals surface area (Å²) in [5.41, 5.74) is 4.80. The molecule has 3 aromatic rings. The molecule has 0 saturated carbocycles. The van der Waals surface area contributed by atoms with Crippen molar-refractivity contribution in [3.63, 3.8) is 0 Å². The fraction of sp³-hybridized carbons (Fsp3) is 0.174. The summed E-state index contributed by atoms with van der Waals surface area (Å²) in [6.07, 6.45) is 0.0248. The number of ether oxygens (including phenoxy) is 1. The fourth-order valence-corrected chi connectivity index (χ4v) is 4.14. The highest BCUT2D eigenvalue weighted by Crippen LogP contribution is 2.55. The van der Waals surface area contributed by atoms with Crippen molar-refractivity contribution in [2.75, 3.05) is 7.11 Å². The smallest absolute Gasteiger partial charge is 0.129 e. The maximum absolute atomic E-state index is 6.08. The minimum Gasteiger partial charge on any atom is -0.497 e. The van der Waals surface area contributed by atoms with Gasteiger partial charge in [-0.2, -0.15) is 0 Å². The first-order valence-electron chi connectivity index (χ1n) is 9.06. The molecule has 27 heavy (non-hydrogen) atoms. The van der Waals surface area contributed by atoms with E-state index in [1.807, 2.05) is 24.3 Å². The first kappa shape index (κ1) is 16.5. The van der Waals surface area contributed by atoms with Gasteiger partial charge < -0.3 is 4.74 Å². The summed E-state index contributed by atoms with van der Waals surface area (Å²) < 4.78 is 5.30. The van der Waals surface area contributed by atoms with Crippen LogP contribution in [0.1, 0.15) is 28.9 Å². The third-order valence-corrected chi connectivity index (χ3v) is 5.62. The van der Waals surface area contributed by atoms with E-state index in [4.69, 9.17) is 21.3 Å². The summed E-state index contributed by atoms with van der Waals surface area (Å²) >= 11 is 6.08. The number of methoxy groups -OCH3 is 1. The molecule has 3 nitrogen and oxygen atoms in total. The molecular weight excluding hydrogens is 356 g/mol. The Labute approximate surface area is 163 Å². The normalized spacial score (nSPS) is 25.6. The van der Waals surface area contributed by atoms with Crippen LogP contribution in [0.3, 0.4) is 0 Å². The molecule has 0 amide bonds. The zero-order valence-electron chi connectivity index (χ0n) is 14.9. The van der Waals surface area contributed by atoms with Gasteiger partial charge in [-0.1, -0.05) is 66.2 Å².